The highest BCUT2D eigenvalue weighted by Crippen LogP contribution is 2.24. The van der Waals surface area contributed by atoms with Crippen LogP contribution >= 0.6 is 0 Å². The van der Waals surface area contributed by atoms with Crippen molar-refractivity contribution in [2.24, 2.45) is 5.73 Å². The van der Waals surface area contributed by atoms with Gasteiger partial charge in [0.1, 0.15) is 0 Å². The monoisotopic (exact) mass is 266 g/mol. The molecule has 0 aliphatic heterocycles. The lowest BCUT2D eigenvalue weighted by molar-refractivity contribution is 0.590. The number of aryl methyl sites for hydroxylation is 1. The van der Waals surface area contributed by atoms with Gasteiger partial charge in [-0.1, -0.05) is 18.2 Å². The molecule has 18 heavy (non-hydrogen) atoms. The van der Waals surface area contributed by atoms with Crippen molar-refractivity contribution in [3.8, 4) is 0 Å². The molecule has 0 amide bonds. The third kappa shape index (κ3) is 2.28. The lowest BCUT2D eigenvalue weighted by Crippen LogP contribution is -2.13. The molecule has 4 nitrogen and oxygen atoms in total. The van der Waals surface area contributed by atoms with Crippen LogP contribution in [0.25, 0.3) is 10.9 Å². The minimum Gasteiger partial charge on any atom is -0.330 e. The van der Waals surface area contributed by atoms with Crippen molar-refractivity contribution in [2.45, 2.75) is 19.8 Å². The SMILES string of the molecule is CCS(=O)(=O)n1cc(CCCN)c2ccccc21. The molecule has 2 aromatic rings. The molecule has 0 unspecified atom stereocenters. The molecule has 1 heterocycles. The van der Waals surface area contributed by atoms with E-state index in [-0.39, 0.29) is 5.75 Å². The predicted octanol–water partition coefficient (Wildman–Crippen LogP) is 1.73. The Morgan fingerprint density at radius 2 is 2.00 bits per heavy atom. The summed E-state index contributed by atoms with van der Waals surface area (Å²) < 4.78 is 25.5. The zero-order chi connectivity index (χ0) is 13.2. The zero-order valence-electron chi connectivity index (χ0n) is 10.5. The van der Waals surface area contributed by atoms with Gasteiger partial charge in [-0.3, -0.25) is 0 Å². The first kappa shape index (κ1) is 13.1. The number of nitrogens with zero attached hydrogens (tertiary/aromatic N) is 1. The molecule has 5 heteroatoms. The molecule has 0 radical (unpaired) electrons. The second-order valence-electron chi connectivity index (χ2n) is 4.26. The van der Waals surface area contributed by atoms with Crippen molar-refractivity contribution in [2.75, 3.05) is 12.3 Å². The quantitative estimate of drug-likeness (QED) is 0.896. The Labute approximate surface area is 107 Å². The fraction of sp³-hybridized carbons (Fsp3) is 0.385. The third-order valence-electron chi connectivity index (χ3n) is 3.08. The third-order valence-corrected chi connectivity index (χ3v) is 4.71. The minimum atomic E-state index is -3.24. The zero-order valence-corrected chi connectivity index (χ0v) is 11.3. The van der Waals surface area contributed by atoms with Crippen LogP contribution in [0.5, 0.6) is 0 Å². The molecular formula is C13H18N2O2S. The van der Waals surface area contributed by atoms with E-state index in [9.17, 15) is 8.42 Å². The fourth-order valence-electron chi connectivity index (χ4n) is 2.08. The lowest BCUT2D eigenvalue weighted by Gasteiger charge is -2.03. The van der Waals surface area contributed by atoms with Crippen LogP contribution in [0, 0.1) is 0 Å². The molecular weight excluding hydrogens is 248 g/mol. The van der Waals surface area contributed by atoms with Gasteiger partial charge in [-0.2, -0.15) is 0 Å². The van der Waals surface area contributed by atoms with Gasteiger partial charge in [0.05, 0.1) is 11.3 Å². The van der Waals surface area contributed by atoms with Crippen molar-refractivity contribution < 1.29 is 8.42 Å². The number of hydrogen-bond acceptors (Lipinski definition) is 3. The summed E-state index contributed by atoms with van der Waals surface area (Å²) in [7, 11) is -3.24. The highest BCUT2D eigenvalue weighted by atomic mass is 32.2. The van der Waals surface area contributed by atoms with E-state index in [0.717, 1.165) is 29.3 Å². The average molecular weight is 266 g/mol. The van der Waals surface area contributed by atoms with Gasteiger partial charge in [0.15, 0.2) is 0 Å². The summed E-state index contributed by atoms with van der Waals surface area (Å²) in [5, 5.41) is 1.00. The molecule has 1 aromatic carbocycles. The van der Waals surface area contributed by atoms with Crippen molar-refractivity contribution in [3.05, 3.63) is 36.0 Å². The van der Waals surface area contributed by atoms with Gasteiger partial charge in [-0.15, -0.1) is 0 Å². The smallest absolute Gasteiger partial charge is 0.238 e. The van der Waals surface area contributed by atoms with Crippen molar-refractivity contribution in [1.82, 2.24) is 3.97 Å². The van der Waals surface area contributed by atoms with E-state index in [1.165, 1.54) is 3.97 Å². The molecule has 0 saturated carbocycles. The Hall–Kier alpha value is -1.33. The molecule has 0 atom stereocenters. The molecule has 1 aromatic heterocycles. The van der Waals surface area contributed by atoms with Crippen LogP contribution < -0.4 is 5.73 Å². The first-order chi connectivity index (χ1) is 8.60. The van der Waals surface area contributed by atoms with E-state index in [1.54, 1.807) is 13.1 Å². The van der Waals surface area contributed by atoms with E-state index in [2.05, 4.69) is 0 Å². The lowest BCUT2D eigenvalue weighted by atomic mass is 10.1. The van der Waals surface area contributed by atoms with Crippen LogP contribution in [-0.4, -0.2) is 24.7 Å². The number of rotatable bonds is 5. The summed E-state index contributed by atoms with van der Waals surface area (Å²) in [5.74, 6) is 0.0992. The topological polar surface area (TPSA) is 65.1 Å². The van der Waals surface area contributed by atoms with E-state index in [1.807, 2.05) is 24.3 Å². The second-order valence-corrected chi connectivity index (χ2v) is 6.39. The number of fused-ring (bicyclic) bond motifs is 1. The highest BCUT2D eigenvalue weighted by molar-refractivity contribution is 7.90. The second kappa shape index (κ2) is 5.12. The van der Waals surface area contributed by atoms with E-state index in [0.29, 0.717) is 6.54 Å². The Balaban J connectivity index is 2.61. The molecule has 2 rings (SSSR count). The van der Waals surface area contributed by atoms with Crippen LogP contribution in [0.1, 0.15) is 18.9 Å². The number of para-hydroxylation sites is 1. The molecule has 0 saturated heterocycles. The summed E-state index contributed by atoms with van der Waals surface area (Å²) in [4.78, 5) is 0. The largest absolute Gasteiger partial charge is 0.330 e. The van der Waals surface area contributed by atoms with E-state index >= 15 is 0 Å². The Kier molecular flexibility index (Phi) is 3.73. The molecule has 0 bridgehead atoms. The summed E-state index contributed by atoms with van der Waals surface area (Å²) in [6.45, 7) is 2.27. The maximum absolute atomic E-state index is 12.0. The summed E-state index contributed by atoms with van der Waals surface area (Å²) in [6, 6.07) is 7.59. The molecule has 0 aliphatic rings. The predicted molar refractivity (Wildman–Crippen MR) is 74.2 cm³/mol. The van der Waals surface area contributed by atoms with E-state index in [4.69, 9.17) is 5.73 Å². The fourth-order valence-corrected chi connectivity index (χ4v) is 3.10. The van der Waals surface area contributed by atoms with Crippen LogP contribution in [0.15, 0.2) is 30.5 Å². The normalized spacial score (nSPS) is 12.1. The van der Waals surface area contributed by atoms with Gasteiger partial charge < -0.3 is 5.73 Å². The molecule has 2 N–H and O–H groups in total. The van der Waals surface area contributed by atoms with E-state index < -0.39 is 10.0 Å². The van der Waals surface area contributed by atoms with Crippen LogP contribution in [0.4, 0.5) is 0 Å². The van der Waals surface area contributed by atoms with Crippen LogP contribution in [-0.2, 0) is 16.4 Å². The maximum Gasteiger partial charge on any atom is 0.238 e. The molecule has 0 spiro atoms. The van der Waals surface area contributed by atoms with Gasteiger partial charge in [0.25, 0.3) is 0 Å². The van der Waals surface area contributed by atoms with Crippen LogP contribution in [0.2, 0.25) is 0 Å². The van der Waals surface area contributed by atoms with Crippen LogP contribution in [0.3, 0.4) is 0 Å². The number of hydrogen-bond donors (Lipinski definition) is 1. The first-order valence-electron chi connectivity index (χ1n) is 6.12. The van der Waals surface area contributed by atoms with Crippen molar-refractivity contribution >= 4 is 20.9 Å². The average Bonchev–Trinajstić information content (AvgIpc) is 2.76. The summed E-state index contributed by atoms with van der Waals surface area (Å²) >= 11 is 0. The van der Waals surface area contributed by atoms with Gasteiger partial charge in [0.2, 0.25) is 10.0 Å². The summed E-state index contributed by atoms with van der Waals surface area (Å²) in [5.41, 5.74) is 7.32. The van der Waals surface area contributed by atoms with Gasteiger partial charge in [-0.25, -0.2) is 12.4 Å². The standard InChI is InChI=1S/C13H18N2O2S/c1-2-18(16,17)15-10-11(6-5-9-14)12-7-3-4-8-13(12)15/h3-4,7-8,10H,2,5-6,9,14H2,1H3. The Bertz CT molecular complexity index is 644. The number of nitrogens with two attached hydrogens (primary N) is 1. The minimum absolute atomic E-state index is 0.0992. The van der Waals surface area contributed by atoms with Crippen molar-refractivity contribution in [1.29, 1.82) is 0 Å². The number of aromatic nitrogens is 1. The number of benzene rings is 1. The van der Waals surface area contributed by atoms with Gasteiger partial charge in [-0.05, 0) is 37.9 Å². The van der Waals surface area contributed by atoms with Gasteiger partial charge >= 0.3 is 0 Å². The molecule has 0 fully saturated rings. The Morgan fingerprint density at radius 1 is 1.28 bits per heavy atom. The maximum atomic E-state index is 12.0. The molecule has 0 aliphatic carbocycles. The van der Waals surface area contributed by atoms with Gasteiger partial charge in [0, 0.05) is 11.6 Å². The Morgan fingerprint density at radius 3 is 2.67 bits per heavy atom. The first-order valence-corrected chi connectivity index (χ1v) is 7.73. The highest BCUT2D eigenvalue weighted by Gasteiger charge is 2.16. The summed E-state index contributed by atoms with van der Waals surface area (Å²) in [6.07, 6.45) is 3.41. The molecule has 98 valence electrons. The van der Waals surface area contributed by atoms with Crippen molar-refractivity contribution in [3.63, 3.8) is 0 Å².